The molecule has 0 unspecified atom stereocenters. The van der Waals surface area contributed by atoms with Crippen molar-refractivity contribution >= 4 is 52.3 Å². The predicted octanol–water partition coefficient (Wildman–Crippen LogP) is 4.71. The van der Waals surface area contributed by atoms with Gasteiger partial charge in [-0.3, -0.25) is 19.2 Å². The van der Waals surface area contributed by atoms with E-state index in [9.17, 15) is 4.79 Å². The van der Waals surface area contributed by atoms with Crippen molar-refractivity contribution in [3.8, 4) is 5.75 Å². The van der Waals surface area contributed by atoms with Gasteiger partial charge in [-0.15, -0.1) is 24.8 Å². The molecule has 9 heteroatoms. The fraction of sp³-hybridized carbons (Fsp3) is 0.370. The highest BCUT2D eigenvalue weighted by molar-refractivity contribution is 6.02. The molecule has 1 fully saturated rings. The summed E-state index contributed by atoms with van der Waals surface area (Å²) in [6.45, 7) is 7.82. The van der Waals surface area contributed by atoms with Crippen LogP contribution in [0.25, 0.3) is 21.8 Å². The summed E-state index contributed by atoms with van der Waals surface area (Å²) in [7, 11) is 1.73. The normalized spacial score (nSPS) is 13.9. The molecule has 3 heterocycles. The molecule has 2 aromatic carbocycles. The summed E-state index contributed by atoms with van der Waals surface area (Å²) in [4.78, 5) is 27.0. The highest BCUT2D eigenvalue weighted by Crippen LogP contribution is 2.28. The molecule has 0 saturated carbocycles. The lowest BCUT2D eigenvalue weighted by molar-refractivity contribution is 0.250. The fourth-order valence-corrected chi connectivity index (χ4v) is 4.80. The Hall–Kier alpha value is -2.87. The number of rotatable bonds is 7. The molecule has 0 spiro atoms. The van der Waals surface area contributed by atoms with Crippen LogP contribution >= 0.6 is 24.8 Å². The van der Waals surface area contributed by atoms with Crippen molar-refractivity contribution in [1.29, 1.82) is 0 Å². The molecule has 1 aliphatic rings. The highest BCUT2D eigenvalue weighted by atomic mass is 35.5. The van der Waals surface area contributed by atoms with Gasteiger partial charge in [-0.1, -0.05) is 23.8 Å². The summed E-state index contributed by atoms with van der Waals surface area (Å²) in [5.41, 5.74) is 3.91. The van der Waals surface area contributed by atoms with Gasteiger partial charge in [0.25, 0.3) is 5.56 Å². The number of anilines is 1. The summed E-state index contributed by atoms with van der Waals surface area (Å²) < 4.78 is 7.24. The Kier molecular flexibility index (Phi) is 9.54. The lowest BCUT2D eigenvalue weighted by Gasteiger charge is -2.36. The van der Waals surface area contributed by atoms with Gasteiger partial charge in [0.15, 0.2) is 0 Å². The Balaban J connectivity index is 0.00000180. The monoisotopic (exact) mass is 529 g/mol. The molecule has 0 aliphatic carbocycles. The average molecular weight is 531 g/mol. The summed E-state index contributed by atoms with van der Waals surface area (Å²) in [6, 6.07) is 14.3. The molecule has 0 bridgehead atoms. The standard InChI is InChI=1S/C27H31N5O2.2ClH/c1-20-9-10-23-21(17-20)26-22(18-28-23)27(33)32(19-29-26)12-6-5-11-30-13-15-31(16-14-30)24-7-3-4-8-25(24)34-2;;/h3-4,7-10,17-19H,5-6,11-16H2,1-2H3;2*1H. The first kappa shape index (κ1) is 27.7. The maximum Gasteiger partial charge on any atom is 0.262 e. The number of benzene rings is 2. The van der Waals surface area contributed by atoms with Crippen LogP contribution in [-0.4, -0.2) is 59.3 Å². The summed E-state index contributed by atoms with van der Waals surface area (Å²) in [5, 5.41) is 1.53. The Labute approximate surface area is 223 Å². The van der Waals surface area contributed by atoms with Crippen LogP contribution < -0.4 is 15.2 Å². The minimum absolute atomic E-state index is 0. The van der Waals surface area contributed by atoms with E-state index < -0.39 is 0 Å². The van der Waals surface area contributed by atoms with Crippen molar-refractivity contribution in [2.45, 2.75) is 26.3 Å². The number of ether oxygens (including phenoxy) is 1. The SMILES string of the molecule is COc1ccccc1N1CCN(CCCCn2cnc3c(cnc4ccc(C)cc43)c2=O)CC1.Cl.Cl. The predicted molar refractivity (Wildman–Crippen MR) is 151 cm³/mol. The number of aromatic nitrogens is 3. The zero-order chi connectivity index (χ0) is 23.5. The lowest BCUT2D eigenvalue weighted by Crippen LogP contribution is -2.46. The molecular weight excluding hydrogens is 497 g/mol. The van der Waals surface area contributed by atoms with Crippen molar-refractivity contribution in [3.63, 3.8) is 0 Å². The third-order valence-corrected chi connectivity index (χ3v) is 6.73. The molecule has 36 heavy (non-hydrogen) atoms. The molecule has 4 aromatic rings. The Morgan fingerprint density at radius 2 is 1.67 bits per heavy atom. The zero-order valence-electron chi connectivity index (χ0n) is 20.7. The molecule has 1 saturated heterocycles. The molecule has 2 aromatic heterocycles. The summed E-state index contributed by atoms with van der Waals surface area (Å²) >= 11 is 0. The first-order chi connectivity index (χ1) is 16.6. The molecule has 0 amide bonds. The van der Waals surface area contributed by atoms with Crippen molar-refractivity contribution in [1.82, 2.24) is 19.4 Å². The minimum atomic E-state index is -0.00803. The van der Waals surface area contributed by atoms with Gasteiger partial charge in [-0.05, 0) is 50.6 Å². The van der Waals surface area contributed by atoms with Crippen LogP contribution in [0.5, 0.6) is 5.75 Å². The number of aryl methyl sites for hydroxylation is 2. The number of hydrogen-bond acceptors (Lipinski definition) is 6. The second-order valence-corrected chi connectivity index (χ2v) is 8.99. The van der Waals surface area contributed by atoms with Crippen LogP contribution in [0.3, 0.4) is 0 Å². The van der Waals surface area contributed by atoms with Crippen LogP contribution in [0, 0.1) is 6.92 Å². The molecule has 7 nitrogen and oxygen atoms in total. The Morgan fingerprint density at radius 3 is 2.44 bits per heavy atom. The molecule has 5 rings (SSSR count). The van der Waals surface area contributed by atoms with E-state index in [0.29, 0.717) is 11.9 Å². The molecule has 0 atom stereocenters. The van der Waals surface area contributed by atoms with Crippen LogP contribution in [-0.2, 0) is 6.54 Å². The van der Waals surface area contributed by atoms with Gasteiger partial charge in [0.05, 0.1) is 35.5 Å². The number of piperazine rings is 1. The van der Waals surface area contributed by atoms with Gasteiger partial charge in [0.1, 0.15) is 5.75 Å². The van der Waals surface area contributed by atoms with Crippen LogP contribution in [0.4, 0.5) is 5.69 Å². The third kappa shape index (κ3) is 5.75. The van der Waals surface area contributed by atoms with E-state index in [-0.39, 0.29) is 30.4 Å². The van der Waals surface area contributed by atoms with Gasteiger partial charge in [0.2, 0.25) is 0 Å². The van der Waals surface area contributed by atoms with Crippen molar-refractivity contribution in [2.75, 3.05) is 44.7 Å². The number of unbranched alkanes of at least 4 members (excludes halogenated alkanes) is 1. The first-order valence-corrected chi connectivity index (χ1v) is 12.0. The number of hydrogen-bond donors (Lipinski definition) is 0. The number of fused-ring (bicyclic) bond motifs is 3. The summed E-state index contributed by atoms with van der Waals surface area (Å²) in [6.07, 6.45) is 5.35. The maximum atomic E-state index is 13.0. The molecular formula is C27H33Cl2N5O2. The zero-order valence-corrected chi connectivity index (χ0v) is 22.4. The minimum Gasteiger partial charge on any atom is -0.495 e. The highest BCUT2D eigenvalue weighted by Gasteiger charge is 2.19. The van der Waals surface area contributed by atoms with E-state index >= 15 is 0 Å². The Morgan fingerprint density at radius 1 is 0.917 bits per heavy atom. The van der Waals surface area contributed by atoms with E-state index in [0.717, 1.165) is 73.3 Å². The lowest BCUT2D eigenvalue weighted by atomic mass is 10.1. The van der Waals surface area contributed by atoms with E-state index in [2.05, 4.69) is 38.0 Å². The van der Waals surface area contributed by atoms with E-state index in [1.807, 2.05) is 31.2 Å². The first-order valence-electron chi connectivity index (χ1n) is 12.0. The number of para-hydroxylation sites is 2. The number of methoxy groups -OCH3 is 1. The number of halogens is 2. The van der Waals surface area contributed by atoms with Crippen molar-refractivity contribution in [3.05, 3.63) is 70.9 Å². The number of pyridine rings is 1. The van der Waals surface area contributed by atoms with Crippen LogP contribution in [0.2, 0.25) is 0 Å². The van der Waals surface area contributed by atoms with E-state index in [1.165, 1.54) is 5.69 Å². The van der Waals surface area contributed by atoms with E-state index in [1.54, 1.807) is 24.2 Å². The second-order valence-electron chi connectivity index (χ2n) is 8.99. The molecule has 1 aliphatic heterocycles. The third-order valence-electron chi connectivity index (χ3n) is 6.73. The quantitative estimate of drug-likeness (QED) is 0.255. The summed E-state index contributed by atoms with van der Waals surface area (Å²) in [5.74, 6) is 0.934. The smallest absolute Gasteiger partial charge is 0.262 e. The van der Waals surface area contributed by atoms with Gasteiger partial charge < -0.3 is 9.64 Å². The van der Waals surface area contributed by atoms with Crippen LogP contribution in [0.1, 0.15) is 18.4 Å². The van der Waals surface area contributed by atoms with Crippen LogP contribution in [0.15, 0.2) is 59.8 Å². The second kappa shape index (κ2) is 12.4. The molecule has 0 radical (unpaired) electrons. The number of nitrogens with zero attached hydrogens (tertiary/aromatic N) is 5. The average Bonchev–Trinajstić information content (AvgIpc) is 2.88. The molecule has 0 N–H and O–H groups in total. The van der Waals surface area contributed by atoms with Gasteiger partial charge in [0, 0.05) is 44.3 Å². The fourth-order valence-electron chi connectivity index (χ4n) is 4.80. The van der Waals surface area contributed by atoms with Gasteiger partial charge in [-0.2, -0.15) is 0 Å². The van der Waals surface area contributed by atoms with Gasteiger partial charge in [-0.25, -0.2) is 4.98 Å². The van der Waals surface area contributed by atoms with Crippen molar-refractivity contribution < 1.29 is 4.74 Å². The topological polar surface area (TPSA) is 63.5 Å². The molecule has 192 valence electrons. The van der Waals surface area contributed by atoms with Gasteiger partial charge >= 0.3 is 0 Å². The van der Waals surface area contributed by atoms with E-state index in [4.69, 9.17) is 4.74 Å². The largest absolute Gasteiger partial charge is 0.495 e. The Bertz CT molecular complexity index is 1370. The maximum absolute atomic E-state index is 13.0. The van der Waals surface area contributed by atoms with Crippen molar-refractivity contribution in [2.24, 2.45) is 0 Å².